The monoisotopic (exact) mass is 299 g/mol. The maximum atomic E-state index is 13.6. The van der Waals surface area contributed by atoms with Gasteiger partial charge in [0.1, 0.15) is 11.6 Å². The molecule has 0 aliphatic heterocycles. The second-order valence-electron chi connectivity index (χ2n) is 4.53. The van der Waals surface area contributed by atoms with Crippen molar-refractivity contribution in [2.24, 2.45) is 0 Å². The van der Waals surface area contributed by atoms with E-state index in [-0.39, 0.29) is 12.3 Å². The lowest BCUT2D eigenvalue weighted by atomic mass is 10.2. The molecule has 0 amide bonds. The maximum Gasteiger partial charge on any atom is 0.573 e. The summed E-state index contributed by atoms with van der Waals surface area (Å²) < 4.78 is 53.8. The first-order valence-electron chi connectivity index (χ1n) is 6.18. The summed E-state index contributed by atoms with van der Waals surface area (Å²) >= 11 is 0. The zero-order chi connectivity index (χ0) is 15.5. The molecule has 0 saturated carbocycles. The van der Waals surface area contributed by atoms with Gasteiger partial charge in [-0.1, -0.05) is 18.2 Å². The number of rotatable bonds is 4. The number of hydrogen-bond acceptors (Lipinski definition) is 2. The second kappa shape index (κ2) is 6.03. The molecular formula is C15H13F4NO. The van der Waals surface area contributed by atoms with Gasteiger partial charge >= 0.3 is 6.36 Å². The third-order valence-corrected chi connectivity index (χ3v) is 2.74. The Morgan fingerprint density at radius 1 is 1.10 bits per heavy atom. The van der Waals surface area contributed by atoms with Crippen LogP contribution in [0.25, 0.3) is 0 Å². The van der Waals surface area contributed by atoms with Gasteiger partial charge < -0.3 is 10.1 Å². The molecule has 0 aliphatic rings. The van der Waals surface area contributed by atoms with Crippen LogP contribution in [0.4, 0.5) is 23.2 Å². The Hall–Kier alpha value is -2.24. The summed E-state index contributed by atoms with van der Waals surface area (Å²) in [5.74, 6) is -0.705. The van der Waals surface area contributed by atoms with Crippen molar-refractivity contribution in [1.82, 2.24) is 0 Å². The van der Waals surface area contributed by atoms with E-state index < -0.39 is 12.2 Å². The first-order valence-corrected chi connectivity index (χ1v) is 6.18. The summed E-state index contributed by atoms with van der Waals surface area (Å²) in [5.41, 5.74) is 1.64. The van der Waals surface area contributed by atoms with E-state index in [1.165, 1.54) is 24.3 Å². The van der Waals surface area contributed by atoms with Crippen LogP contribution < -0.4 is 10.1 Å². The molecule has 0 heterocycles. The summed E-state index contributed by atoms with van der Waals surface area (Å²) in [5, 5.41) is 2.83. The van der Waals surface area contributed by atoms with Crippen LogP contribution in [-0.2, 0) is 6.54 Å². The van der Waals surface area contributed by atoms with Crippen LogP contribution in [0.15, 0.2) is 42.5 Å². The van der Waals surface area contributed by atoms with E-state index >= 15 is 0 Å². The molecule has 2 nitrogen and oxygen atoms in total. The topological polar surface area (TPSA) is 21.3 Å². The fraction of sp³-hybridized carbons (Fsp3) is 0.200. The predicted molar refractivity (Wildman–Crippen MR) is 71.6 cm³/mol. The van der Waals surface area contributed by atoms with E-state index in [2.05, 4.69) is 10.1 Å². The zero-order valence-electron chi connectivity index (χ0n) is 11.2. The van der Waals surface area contributed by atoms with Crippen LogP contribution in [0.2, 0.25) is 0 Å². The normalized spacial score (nSPS) is 11.3. The van der Waals surface area contributed by atoms with Gasteiger partial charge in [0.2, 0.25) is 0 Å². The second-order valence-corrected chi connectivity index (χ2v) is 4.53. The van der Waals surface area contributed by atoms with Crippen LogP contribution >= 0.6 is 0 Å². The lowest BCUT2D eigenvalue weighted by Crippen LogP contribution is -2.17. The van der Waals surface area contributed by atoms with E-state index in [0.717, 1.165) is 5.56 Å². The minimum atomic E-state index is -4.73. The van der Waals surface area contributed by atoms with Gasteiger partial charge in [-0.15, -0.1) is 13.2 Å². The number of alkyl halides is 3. The quantitative estimate of drug-likeness (QED) is 0.830. The van der Waals surface area contributed by atoms with Crippen LogP contribution in [0, 0.1) is 12.7 Å². The molecule has 0 unspecified atom stereocenters. The Kier molecular flexibility index (Phi) is 4.35. The number of hydrogen-bond donors (Lipinski definition) is 1. The molecule has 21 heavy (non-hydrogen) atoms. The number of nitrogens with one attached hydrogen (secondary N) is 1. The van der Waals surface area contributed by atoms with Crippen molar-refractivity contribution in [3.63, 3.8) is 0 Å². The van der Waals surface area contributed by atoms with Crippen molar-refractivity contribution >= 4 is 5.69 Å². The molecule has 0 atom stereocenters. The molecule has 112 valence electrons. The van der Waals surface area contributed by atoms with E-state index in [0.29, 0.717) is 11.3 Å². The molecule has 2 aromatic rings. The first kappa shape index (κ1) is 15.2. The van der Waals surface area contributed by atoms with E-state index in [1.54, 1.807) is 25.1 Å². The SMILES string of the molecule is Cc1ccc(NCc2cccc(OC(F)(F)F)c2)c(F)c1. The van der Waals surface area contributed by atoms with Crippen LogP contribution in [0.5, 0.6) is 5.75 Å². The Morgan fingerprint density at radius 3 is 2.52 bits per heavy atom. The molecule has 2 aromatic carbocycles. The van der Waals surface area contributed by atoms with Crippen molar-refractivity contribution in [1.29, 1.82) is 0 Å². The molecular weight excluding hydrogens is 286 g/mol. The highest BCUT2D eigenvalue weighted by Gasteiger charge is 2.31. The van der Waals surface area contributed by atoms with Gasteiger partial charge in [0, 0.05) is 6.54 Å². The smallest absolute Gasteiger partial charge is 0.406 e. The number of halogens is 4. The lowest BCUT2D eigenvalue weighted by Gasteiger charge is -2.11. The average Bonchev–Trinajstić information content (AvgIpc) is 2.36. The van der Waals surface area contributed by atoms with E-state index in [9.17, 15) is 17.6 Å². The van der Waals surface area contributed by atoms with Gasteiger partial charge in [0.25, 0.3) is 0 Å². The summed E-state index contributed by atoms with van der Waals surface area (Å²) in [6.45, 7) is 1.96. The minimum Gasteiger partial charge on any atom is -0.406 e. The number of ether oxygens (including phenoxy) is 1. The van der Waals surface area contributed by atoms with Crippen molar-refractivity contribution < 1.29 is 22.3 Å². The minimum absolute atomic E-state index is 0.190. The van der Waals surface area contributed by atoms with Crippen molar-refractivity contribution in [3.05, 3.63) is 59.4 Å². The molecule has 0 saturated heterocycles. The predicted octanol–water partition coefficient (Wildman–Crippen LogP) is 4.64. The summed E-state index contributed by atoms with van der Waals surface area (Å²) in [7, 11) is 0. The lowest BCUT2D eigenvalue weighted by molar-refractivity contribution is -0.274. The van der Waals surface area contributed by atoms with Crippen LogP contribution in [-0.4, -0.2) is 6.36 Å². The molecule has 0 radical (unpaired) electrons. The number of aryl methyl sites for hydroxylation is 1. The van der Waals surface area contributed by atoms with Crippen molar-refractivity contribution in [3.8, 4) is 5.75 Å². The molecule has 0 aromatic heterocycles. The number of benzene rings is 2. The van der Waals surface area contributed by atoms with Crippen LogP contribution in [0.3, 0.4) is 0 Å². The molecule has 2 rings (SSSR count). The summed E-state index contributed by atoms with van der Waals surface area (Å²) in [6, 6.07) is 10.3. The number of anilines is 1. The van der Waals surface area contributed by atoms with Crippen molar-refractivity contribution in [2.45, 2.75) is 19.8 Å². The third-order valence-electron chi connectivity index (χ3n) is 2.74. The Morgan fingerprint density at radius 2 is 1.86 bits per heavy atom. The fourth-order valence-corrected chi connectivity index (χ4v) is 1.81. The summed E-state index contributed by atoms with van der Waals surface area (Å²) in [4.78, 5) is 0. The van der Waals surface area contributed by atoms with Gasteiger partial charge in [0.15, 0.2) is 0 Å². The van der Waals surface area contributed by atoms with Crippen molar-refractivity contribution in [2.75, 3.05) is 5.32 Å². The standard InChI is InChI=1S/C15H13F4NO/c1-10-5-6-14(13(16)7-10)20-9-11-3-2-4-12(8-11)21-15(17,18)19/h2-8,20H,9H2,1H3. The van der Waals surface area contributed by atoms with E-state index in [4.69, 9.17) is 0 Å². The highest BCUT2D eigenvalue weighted by molar-refractivity contribution is 5.47. The average molecular weight is 299 g/mol. The third kappa shape index (κ3) is 4.66. The Balaban J connectivity index is 2.05. The summed E-state index contributed by atoms with van der Waals surface area (Å²) in [6.07, 6.45) is -4.73. The first-order chi connectivity index (χ1) is 9.83. The Bertz CT molecular complexity index is 625. The van der Waals surface area contributed by atoms with Crippen LogP contribution in [0.1, 0.15) is 11.1 Å². The molecule has 0 spiro atoms. The molecule has 0 aliphatic carbocycles. The van der Waals surface area contributed by atoms with Gasteiger partial charge in [-0.3, -0.25) is 0 Å². The van der Waals surface area contributed by atoms with Gasteiger partial charge in [-0.2, -0.15) is 0 Å². The molecule has 0 fully saturated rings. The van der Waals surface area contributed by atoms with Gasteiger partial charge in [-0.25, -0.2) is 4.39 Å². The van der Waals surface area contributed by atoms with Gasteiger partial charge in [0.05, 0.1) is 5.69 Å². The highest BCUT2D eigenvalue weighted by Crippen LogP contribution is 2.24. The van der Waals surface area contributed by atoms with Gasteiger partial charge in [-0.05, 0) is 42.3 Å². The highest BCUT2D eigenvalue weighted by atomic mass is 19.4. The zero-order valence-corrected chi connectivity index (χ0v) is 11.2. The van der Waals surface area contributed by atoms with E-state index in [1.807, 2.05) is 0 Å². The molecule has 1 N–H and O–H groups in total. The Labute approximate surface area is 119 Å². The molecule has 0 bridgehead atoms. The molecule has 6 heteroatoms. The largest absolute Gasteiger partial charge is 0.573 e. The maximum absolute atomic E-state index is 13.6. The fourth-order valence-electron chi connectivity index (χ4n) is 1.81.